The van der Waals surface area contributed by atoms with Crippen molar-refractivity contribution in [2.75, 3.05) is 59.8 Å². The summed E-state index contributed by atoms with van der Waals surface area (Å²) in [5.41, 5.74) is 5.85. The first-order chi connectivity index (χ1) is 19.7. The maximum absolute atomic E-state index is 13.1. The number of hydrogen-bond donors (Lipinski definition) is 1. The number of likely N-dealkylation sites (N-methyl/N-ethyl adjacent to an activating group) is 1. The molecule has 9 heteroatoms. The molecule has 0 bridgehead atoms. The molecule has 0 unspecified atom stereocenters. The molecule has 41 heavy (non-hydrogen) atoms. The van der Waals surface area contributed by atoms with Crippen LogP contribution in [0.1, 0.15) is 56.4 Å². The number of ether oxygens (including phenoxy) is 1. The van der Waals surface area contributed by atoms with E-state index >= 15 is 0 Å². The molecular weight excluding hydrogens is 536 g/mol. The molecule has 0 atom stereocenters. The fourth-order valence-corrected chi connectivity index (χ4v) is 5.35. The molecule has 2 aromatic rings. The lowest BCUT2D eigenvalue weighted by atomic mass is 10.0. The molecule has 8 nitrogen and oxygen atoms in total. The Labute approximate surface area is 251 Å². The maximum Gasteiger partial charge on any atom is 0.318 e. The van der Waals surface area contributed by atoms with Crippen molar-refractivity contribution in [3.05, 3.63) is 69.0 Å². The normalized spacial score (nSPS) is 15.7. The molecule has 1 aliphatic rings. The van der Waals surface area contributed by atoms with Crippen molar-refractivity contribution in [2.45, 2.75) is 58.9 Å². The molecule has 1 N–H and O–H groups in total. The summed E-state index contributed by atoms with van der Waals surface area (Å²) >= 11 is 7.03. The van der Waals surface area contributed by atoms with E-state index < -0.39 is 0 Å². The summed E-state index contributed by atoms with van der Waals surface area (Å²) in [6.07, 6.45) is 5.63. The average molecular weight is 583 g/mol. The summed E-state index contributed by atoms with van der Waals surface area (Å²) in [5, 5.41) is 3.99. The predicted molar refractivity (Wildman–Crippen MR) is 168 cm³/mol. The number of carbonyl (C=O) groups is 1. The van der Waals surface area contributed by atoms with Crippen molar-refractivity contribution >= 4 is 23.3 Å². The van der Waals surface area contributed by atoms with Gasteiger partial charge in [0, 0.05) is 39.3 Å². The second kappa shape index (κ2) is 15.8. The molecule has 0 radical (unpaired) electrons. The van der Waals surface area contributed by atoms with E-state index in [1.807, 2.05) is 13.8 Å². The number of allylic oxidation sites excluding steroid dienone is 1. The number of amides is 1. The van der Waals surface area contributed by atoms with Gasteiger partial charge in [0.25, 0.3) is 5.91 Å². The van der Waals surface area contributed by atoms with E-state index in [0.717, 1.165) is 80.0 Å². The van der Waals surface area contributed by atoms with Gasteiger partial charge in [0.2, 0.25) is 0 Å². The molecular formula is C32H47ClN6O2. The first-order valence-corrected chi connectivity index (χ1v) is 15.0. The van der Waals surface area contributed by atoms with Gasteiger partial charge in [-0.25, -0.2) is 0 Å². The molecule has 0 saturated carbocycles. The molecule has 1 amide bonds. The van der Waals surface area contributed by atoms with Crippen LogP contribution in [0.2, 0.25) is 0 Å². The second-order valence-corrected chi connectivity index (χ2v) is 11.5. The van der Waals surface area contributed by atoms with Crippen molar-refractivity contribution in [1.29, 1.82) is 0 Å². The molecule has 1 aromatic carbocycles. The van der Waals surface area contributed by atoms with Gasteiger partial charge in [0.1, 0.15) is 5.82 Å². The number of methoxy groups -OCH3 is 1. The van der Waals surface area contributed by atoms with E-state index in [0.29, 0.717) is 29.7 Å². The van der Waals surface area contributed by atoms with Crippen LogP contribution in [0.3, 0.4) is 0 Å². The van der Waals surface area contributed by atoms with Crippen LogP contribution in [-0.4, -0.2) is 80.6 Å². The van der Waals surface area contributed by atoms with Gasteiger partial charge in [0.15, 0.2) is 0 Å². The number of nitrogens with one attached hydrogen (secondary N) is 1. The summed E-state index contributed by atoms with van der Waals surface area (Å²) in [5.74, 6) is 0.778. The Hall–Kier alpha value is -3.10. The van der Waals surface area contributed by atoms with Crippen molar-refractivity contribution in [3.8, 4) is 6.01 Å². The van der Waals surface area contributed by atoms with Crippen LogP contribution in [0.25, 0.3) is 0 Å². The summed E-state index contributed by atoms with van der Waals surface area (Å²) < 4.78 is 5.60. The highest BCUT2D eigenvalue weighted by molar-refractivity contribution is 6.35. The van der Waals surface area contributed by atoms with E-state index in [1.165, 1.54) is 5.56 Å². The van der Waals surface area contributed by atoms with E-state index in [4.69, 9.17) is 26.3 Å². The third kappa shape index (κ3) is 8.94. The molecule has 0 aliphatic carbocycles. The van der Waals surface area contributed by atoms with Crippen molar-refractivity contribution < 1.29 is 9.53 Å². The van der Waals surface area contributed by atoms with E-state index in [9.17, 15) is 4.79 Å². The molecule has 1 fully saturated rings. The lowest BCUT2D eigenvalue weighted by Crippen LogP contribution is -2.32. The van der Waals surface area contributed by atoms with Gasteiger partial charge in [-0.15, -0.1) is 0 Å². The number of aromatic nitrogens is 2. The van der Waals surface area contributed by atoms with Crippen molar-refractivity contribution in [2.24, 2.45) is 0 Å². The average Bonchev–Trinajstić information content (AvgIpc) is 3.22. The number of nitrogens with zero attached hydrogens (tertiary/aromatic N) is 5. The Kier molecular flexibility index (Phi) is 12.5. The number of hydrogen-bond acceptors (Lipinski definition) is 7. The number of unbranched alkanes of at least 4 members (excludes halogenated alkanes) is 1. The van der Waals surface area contributed by atoms with Gasteiger partial charge in [-0.05, 0) is 65.1 Å². The Morgan fingerprint density at radius 2 is 1.80 bits per heavy atom. The number of halogens is 1. The Balaban J connectivity index is 1.98. The molecule has 1 aliphatic heterocycles. The van der Waals surface area contributed by atoms with Crippen LogP contribution < -0.4 is 15.0 Å². The number of carbonyl (C=O) groups excluding carboxylic acids is 1. The van der Waals surface area contributed by atoms with Crippen LogP contribution >= 0.6 is 11.6 Å². The van der Waals surface area contributed by atoms with Crippen LogP contribution in [0.4, 0.5) is 5.82 Å². The minimum absolute atomic E-state index is 0.0887. The Morgan fingerprint density at radius 3 is 2.44 bits per heavy atom. The number of aryl methyl sites for hydroxylation is 2. The van der Waals surface area contributed by atoms with E-state index in [-0.39, 0.29) is 5.91 Å². The fraction of sp³-hybridized carbons (Fsp3) is 0.531. The topological polar surface area (TPSA) is 73.8 Å². The van der Waals surface area contributed by atoms with Gasteiger partial charge in [-0.1, -0.05) is 54.4 Å². The van der Waals surface area contributed by atoms with Crippen LogP contribution in [0, 0.1) is 0 Å². The molecule has 0 spiro atoms. The Bertz CT molecular complexity index is 1230. The summed E-state index contributed by atoms with van der Waals surface area (Å²) in [7, 11) is 9.27. The highest BCUT2D eigenvalue weighted by Gasteiger charge is 2.26. The number of rotatable bonds is 12. The van der Waals surface area contributed by atoms with Gasteiger partial charge in [-0.2, -0.15) is 9.97 Å². The van der Waals surface area contributed by atoms with Gasteiger partial charge < -0.3 is 24.8 Å². The number of benzene rings is 1. The highest BCUT2D eigenvalue weighted by atomic mass is 35.5. The maximum atomic E-state index is 13.1. The fourth-order valence-electron chi connectivity index (χ4n) is 4.98. The summed E-state index contributed by atoms with van der Waals surface area (Å²) in [6.45, 7) is 6.79. The smallest absolute Gasteiger partial charge is 0.318 e. The van der Waals surface area contributed by atoms with Gasteiger partial charge in [0.05, 0.1) is 35.7 Å². The summed E-state index contributed by atoms with van der Waals surface area (Å²) in [6, 6.07) is 11.0. The van der Waals surface area contributed by atoms with Crippen LogP contribution in [-0.2, 0) is 24.2 Å². The first-order valence-electron chi connectivity index (χ1n) is 14.6. The Morgan fingerprint density at radius 1 is 1.10 bits per heavy atom. The lowest BCUT2D eigenvalue weighted by Gasteiger charge is -2.28. The van der Waals surface area contributed by atoms with Crippen molar-refractivity contribution in [1.82, 2.24) is 25.1 Å². The molecule has 224 valence electrons. The third-order valence-corrected chi connectivity index (χ3v) is 7.75. The quantitative estimate of drug-likeness (QED) is 0.273. The minimum Gasteiger partial charge on any atom is -0.467 e. The zero-order chi connectivity index (χ0) is 29.9. The zero-order valence-corrected chi connectivity index (χ0v) is 26.6. The second-order valence-electron chi connectivity index (χ2n) is 11.1. The zero-order valence-electron chi connectivity index (χ0n) is 25.9. The number of anilines is 1. The summed E-state index contributed by atoms with van der Waals surface area (Å²) in [4.78, 5) is 28.9. The minimum atomic E-state index is -0.0887. The highest BCUT2D eigenvalue weighted by Crippen LogP contribution is 2.30. The largest absolute Gasteiger partial charge is 0.467 e. The molecule has 1 saturated heterocycles. The molecule has 3 rings (SSSR count). The standard InChI is InChI=1S/C32H47ClN6O2/c1-8-23(2)28(31(40)38(5)6)29(33)27-22-39(20-14-19-34-27)30-25(21-37(3)4)26(35-32(36-30)41-7)18-13-12-17-24-15-10-9-11-16-24/h9-11,15-16,34H,8,12-14,17-22H2,1-7H3/b28-23-,29-27+. The van der Waals surface area contributed by atoms with Gasteiger partial charge >= 0.3 is 6.01 Å². The van der Waals surface area contributed by atoms with E-state index in [2.05, 4.69) is 59.5 Å². The SMILES string of the molecule is CC/C(C)=C(C(=O)N(C)C)/C(Cl)=C1/CN(c2nc(OC)nc(CCCCc3ccccc3)c2CN(C)C)CCCN1. The predicted octanol–water partition coefficient (Wildman–Crippen LogP) is 5.18. The van der Waals surface area contributed by atoms with Crippen LogP contribution in [0.5, 0.6) is 6.01 Å². The first kappa shape index (κ1) is 32.4. The lowest BCUT2D eigenvalue weighted by molar-refractivity contribution is -0.124. The van der Waals surface area contributed by atoms with Crippen molar-refractivity contribution in [3.63, 3.8) is 0 Å². The third-order valence-electron chi connectivity index (χ3n) is 7.33. The monoisotopic (exact) mass is 582 g/mol. The molecule has 1 aromatic heterocycles. The van der Waals surface area contributed by atoms with Gasteiger partial charge in [-0.3, -0.25) is 4.79 Å². The molecule has 2 heterocycles. The van der Waals surface area contributed by atoms with Crippen LogP contribution in [0.15, 0.2) is 52.2 Å². The van der Waals surface area contributed by atoms with E-state index in [1.54, 1.807) is 26.1 Å².